The first kappa shape index (κ1) is 30.3. The van der Waals surface area contributed by atoms with Crippen molar-refractivity contribution in [2.24, 2.45) is 0 Å². The largest absolute Gasteiger partial charge is 0.339 e. The molecule has 2 aromatic rings. The fourth-order valence-corrected chi connectivity index (χ4v) is 5.50. The first-order chi connectivity index (χ1) is 20.0. The molecule has 0 bridgehead atoms. The van der Waals surface area contributed by atoms with E-state index in [9.17, 15) is 19.2 Å². The number of nitrogens with one attached hydrogen (secondary N) is 2. The number of amides is 4. The molecule has 8 nitrogen and oxygen atoms in total. The highest BCUT2D eigenvalue weighted by atomic mass is 16.2. The Bertz CT molecular complexity index is 1060. The average Bonchev–Trinajstić information content (AvgIpc) is 3.01. The van der Waals surface area contributed by atoms with Crippen molar-refractivity contribution < 1.29 is 19.2 Å². The predicted molar refractivity (Wildman–Crippen MR) is 162 cm³/mol. The van der Waals surface area contributed by atoms with E-state index in [4.69, 9.17) is 0 Å². The van der Waals surface area contributed by atoms with Gasteiger partial charge in [-0.3, -0.25) is 19.2 Å². The van der Waals surface area contributed by atoms with Crippen LogP contribution in [0.2, 0.25) is 0 Å². The van der Waals surface area contributed by atoms with Crippen LogP contribution in [0.3, 0.4) is 0 Å². The van der Waals surface area contributed by atoms with Gasteiger partial charge in [-0.2, -0.15) is 0 Å². The van der Waals surface area contributed by atoms with E-state index in [0.717, 1.165) is 84.0 Å². The Hall–Kier alpha value is -3.68. The van der Waals surface area contributed by atoms with Crippen LogP contribution in [0, 0.1) is 0 Å². The molecule has 2 fully saturated rings. The van der Waals surface area contributed by atoms with Crippen molar-refractivity contribution in [3.63, 3.8) is 0 Å². The highest BCUT2D eigenvalue weighted by molar-refractivity contribution is 5.96. The zero-order valence-corrected chi connectivity index (χ0v) is 24.2. The van der Waals surface area contributed by atoms with E-state index in [-0.39, 0.29) is 23.6 Å². The third-order valence-electron chi connectivity index (χ3n) is 7.93. The molecule has 4 rings (SSSR count). The van der Waals surface area contributed by atoms with Crippen molar-refractivity contribution in [3.05, 3.63) is 59.7 Å². The fourth-order valence-electron chi connectivity index (χ4n) is 5.50. The van der Waals surface area contributed by atoms with Crippen LogP contribution < -0.4 is 10.6 Å². The molecule has 2 heterocycles. The van der Waals surface area contributed by atoms with Crippen LogP contribution in [0.1, 0.15) is 104 Å². The SMILES string of the molecule is O=C(CCCCCCCC(=O)Nc1ccc(C(=O)N2CCCCC2)cc1)Nc1ccc(C(=O)N2CCCCC2)cc1. The Balaban J connectivity index is 1.04. The van der Waals surface area contributed by atoms with Crippen LogP contribution in [-0.2, 0) is 9.59 Å². The van der Waals surface area contributed by atoms with Gasteiger partial charge in [-0.15, -0.1) is 0 Å². The van der Waals surface area contributed by atoms with Gasteiger partial charge in [0.15, 0.2) is 0 Å². The Kier molecular flexibility index (Phi) is 11.8. The first-order valence-electron chi connectivity index (χ1n) is 15.4. The number of carbonyl (C=O) groups excluding carboxylic acids is 4. The molecule has 0 aliphatic carbocycles. The number of carbonyl (C=O) groups is 4. The van der Waals surface area contributed by atoms with E-state index in [0.29, 0.717) is 35.3 Å². The van der Waals surface area contributed by atoms with Crippen LogP contribution in [0.5, 0.6) is 0 Å². The summed E-state index contributed by atoms with van der Waals surface area (Å²) in [6.45, 7) is 3.29. The van der Waals surface area contributed by atoms with E-state index in [1.165, 1.54) is 12.8 Å². The van der Waals surface area contributed by atoms with Gasteiger partial charge in [-0.25, -0.2) is 0 Å². The van der Waals surface area contributed by atoms with E-state index < -0.39 is 0 Å². The molecular formula is C33H44N4O4. The minimum atomic E-state index is -0.0249. The summed E-state index contributed by atoms with van der Waals surface area (Å²) in [6, 6.07) is 14.3. The molecule has 8 heteroatoms. The van der Waals surface area contributed by atoms with Gasteiger partial charge >= 0.3 is 0 Å². The quantitative estimate of drug-likeness (QED) is 0.300. The molecule has 2 saturated heterocycles. The summed E-state index contributed by atoms with van der Waals surface area (Å²) in [5, 5.41) is 5.83. The van der Waals surface area contributed by atoms with Crippen LogP contribution in [-0.4, -0.2) is 59.6 Å². The van der Waals surface area contributed by atoms with Crippen molar-refractivity contribution in [1.82, 2.24) is 9.80 Å². The molecule has 4 amide bonds. The number of nitrogens with zero attached hydrogens (tertiary/aromatic N) is 2. The maximum Gasteiger partial charge on any atom is 0.253 e. The van der Waals surface area contributed by atoms with E-state index in [1.807, 2.05) is 9.80 Å². The highest BCUT2D eigenvalue weighted by Gasteiger charge is 2.19. The number of likely N-dealkylation sites (tertiary alicyclic amines) is 2. The lowest BCUT2D eigenvalue weighted by molar-refractivity contribution is -0.117. The van der Waals surface area contributed by atoms with Crippen LogP contribution in [0.4, 0.5) is 11.4 Å². The number of rotatable bonds is 12. The van der Waals surface area contributed by atoms with Crippen molar-refractivity contribution in [3.8, 4) is 0 Å². The lowest BCUT2D eigenvalue weighted by atomic mass is 10.1. The Labute approximate surface area is 243 Å². The van der Waals surface area contributed by atoms with Gasteiger partial charge in [-0.1, -0.05) is 19.3 Å². The Morgan fingerprint density at radius 3 is 1.20 bits per heavy atom. The lowest BCUT2D eigenvalue weighted by Gasteiger charge is -2.26. The Morgan fingerprint density at radius 2 is 0.829 bits per heavy atom. The molecule has 0 atom stereocenters. The summed E-state index contributed by atoms with van der Waals surface area (Å²) in [6.07, 6.45) is 12.0. The second-order valence-electron chi connectivity index (χ2n) is 11.2. The Morgan fingerprint density at radius 1 is 0.488 bits per heavy atom. The smallest absolute Gasteiger partial charge is 0.253 e. The fraction of sp³-hybridized carbons (Fsp3) is 0.515. The van der Waals surface area contributed by atoms with Gasteiger partial charge in [0.25, 0.3) is 11.8 Å². The van der Waals surface area contributed by atoms with E-state index >= 15 is 0 Å². The third kappa shape index (κ3) is 9.73. The molecular weight excluding hydrogens is 516 g/mol. The summed E-state index contributed by atoms with van der Waals surface area (Å²) in [5.74, 6) is 0.0798. The number of piperidine rings is 2. The maximum atomic E-state index is 12.6. The minimum absolute atomic E-state index is 0.0249. The summed E-state index contributed by atoms with van der Waals surface area (Å²) in [4.78, 5) is 53.6. The molecule has 0 spiro atoms. The first-order valence-corrected chi connectivity index (χ1v) is 15.4. The number of unbranched alkanes of at least 4 members (excludes halogenated alkanes) is 4. The second kappa shape index (κ2) is 15.9. The zero-order valence-electron chi connectivity index (χ0n) is 24.2. The van der Waals surface area contributed by atoms with Gasteiger partial charge in [0, 0.05) is 61.5 Å². The molecule has 220 valence electrons. The van der Waals surface area contributed by atoms with Crippen molar-refractivity contribution in [1.29, 1.82) is 0 Å². The van der Waals surface area contributed by atoms with Gasteiger partial charge in [0.1, 0.15) is 0 Å². The summed E-state index contributed by atoms with van der Waals surface area (Å²) in [5.41, 5.74) is 2.74. The molecule has 2 aliphatic heterocycles. The minimum Gasteiger partial charge on any atom is -0.339 e. The molecule has 0 radical (unpaired) electrons. The van der Waals surface area contributed by atoms with E-state index in [1.54, 1.807) is 48.5 Å². The molecule has 2 N–H and O–H groups in total. The van der Waals surface area contributed by atoms with Crippen molar-refractivity contribution in [2.75, 3.05) is 36.8 Å². The number of hydrogen-bond acceptors (Lipinski definition) is 4. The topological polar surface area (TPSA) is 98.8 Å². The second-order valence-corrected chi connectivity index (χ2v) is 11.2. The lowest BCUT2D eigenvalue weighted by Crippen LogP contribution is -2.35. The van der Waals surface area contributed by atoms with Crippen molar-refractivity contribution >= 4 is 35.0 Å². The molecule has 41 heavy (non-hydrogen) atoms. The third-order valence-corrected chi connectivity index (χ3v) is 7.93. The van der Waals surface area contributed by atoms with Crippen LogP contribution >= 0.6 is 0 Å². The van der Waals surface area contributed by atoms with Crippen LogP contribution in [0.15, 0.2) is 48.5 Å². The molecule has 0 saturated carbocycles. The maximum absolute atomic E-state index is 12.6. The molecule has 0 aromatic heterocycles. The molecule has 2 aliphatic rings. The summed E-state index contributed by atoms with van der Waals surface area (Å²) >= 11 is 0. The van der Waals surface area contributed by atoms with Crippen LogP contribution in [0.25, 0.3) is 0 Å². The van der Waals surface area contributed by atoms with Crippen molar-refractivity contribution in [2.45, 2.75) is 83.5 Å². The summed E-state index contributed by atoms with van der Waals surface area (Å²) < 4.78 is 0. The van der Waals surface area contributed by atoms with Gasteiger partial charge in [0.2, 0.25) is 11.8 Å². The zero-order chi connectivity index (χ0) is 28.9. The predicted octanol–water partition coefficient (Wildman–Crippen LogP) is 6.25. The highest BCUT2D eigenvalue weighted by Crippen LogP contribution is 2.18. The number of hydrogen-bond donors (Lipinski definition) is 2. The number of anilines is 2. The molecule has 2 aromatic carbocycles. The normalized spacial score (nSPS) is 15.3. The van der Waals surface area contributed by atoms with Gasteiger partial charge < -0.3 is 20.4 Å². The van der Waals surface area contributed by atoms with Gasteiger partial charge in [-0.05, 0) is 99.9 Å². The monoisotopic (exact) mass is 560 g/mol. The van der Waals surface area contributed by atoms with Gasteiger partial charge in [0.05, 0.1) is 0 Å². The standard InChI is InChI=1S/C33H44N4O4/c38-30(34-28-18-14-26(15-19-28)32(40)36-22-8-4-9-23-36)12-6-2-1-3-7-13-31(39)35-29-20-16-27(17-21-29)33(41)37-24-10-5-11-25-37/h14-21H,1-13,22-25H2,(H,34,38)(H,35,39). The average molecular weight is 561 g/mol. The van der Waals surface area contributed by atoms with E-state index in [2.05, 4.69) is 10.6 Å². The number of benzene rings is 2. The molecule has 0 unspecified atom stereocenters. The summed E-state index contributed by atoms with van der Waals surface area (Å²) in [7, 11) is 0.